The minimum absolute atomic E-state index is 0. The summed E-state index contributed by atoms with van der Waals surface area (Å²) in [5.41, 5.74) is 4.14. The molecule has 1 aliphatic heterocycles. The van der Waals surface area contributed by atoms with Crippen molar-refractivity contribution in [3.8, 4) is 16.6 Å². The van der Waals surface area contributed by atoms with E-state index in [-0.39, 0.29) is 45.6 Å². The third kappa shape index (κ3) is 16.1. The first kappa shape index (κ1) is 49.2. The maximum absolute atomic E-state index is 13.1. The van der Waals surface area contributed by atoms with E-state index >= 15 is 0 Å². The van der Waals surface area contributed by atoms with Crippen LogP contribution in [0.1, 0.15) is 18.9 Å². The minimum atomic E-state index is -0.601. The molecule has 1 aliphatic rings. The summed E-state index contributed by atoms with van der Waals surface area (Å²) < 4.78 is 7.24. The maximum Gasteiger partial charge on any atom is 0.323 e. The summed E-state index contributed by atoms with van der Waals surface area (Å²) in [5, 5.41) is 24.7. The Hall–Kier alpha value is -4.21. The molecule has 1 saturated heterocycles. The Kier molecular flexibility index (Phi) is 21.7. The largest absolute Gasteiger partial charge is 0.665 e. The molecule has 1 amide bonds. The quantitative estimate of drug-likeness (QED) is 0.112. The molecule has 7 N–H and O–H groups in total. The summed E-state index contributed by atoms with van der Waals surface area (Å²) in [6.45, 7) is 11.0. The van der Waals surface area contributed by atoms with E-state index in [9.17, 15) is 4.79 Å². The van der Waals surface area contributed by atoms with Crippen molar-refractivity contribution in [1.29, 1.82) is 0 Å². The number of fused-ring (bicyclic) bond motifs is 1. The van der Waals surface area contributed by atoms with Crippen molar-refractivity contribution in [2.75, 3.05) is 101 Å². The van der Waals surface area contributed by atoms with Crippen LogP contribution in [0, 0.1) is 0 Å². The average Bonchev–Trinajstić information content (AvgIpc) is 3.65. The van der Waals surface area contributed by atoms with Crippen molar-refractivity contribution >= 4 is 56.6 Å². The molecule has 0 unspecified atom stereocenters. The molecule has 0 saturated carbocycles. The number of hydrogen-bond donors (Lipinski definition) is 3. The zero-order valence-corrected chi connectivity index (χ0v) is 36.0. The number of nitrogens with zero attached hydrogens (tertiary/aromatic N) is 9. The Labute approximate surface area is 365 Å². The predicted octanol–water partition coefficient (Wildman–Crippen LogP) is 5.02. The van der Waals surface area contributed by atoms with E-state index in [4.69, 9.17) is 21.3 Å². The van der Waals surface area contributed by atoms with Crippen molar-refractivity contribution in [2.45, 2.75) is 25.9 Å². The number of ether oxygens (including phenoxy) is 1. The number of benzene rings is 3. The van der Waals surface area contributed by atoms with Crippen LogP contribution in [-0.2, 0) is 28.1 Å². The zero-order valence-electron chi connectivity index (χ0n) is 33.4. The molecule has 6 rings (SSSR count). The van der Waals surface area contributed by atoms with Crippen LogP contribution in [0.25, 0.3) is 36.7 Å². The summed E-state index contributed by atoms with van der Waals surface area (Å²) in [6, 6.07) is 23.6. The molecule has 323 valence electrons. The number of aromatic nitrogens is 4. The van der Waals surface area contributed by atoms with Crippen LogP contribution in [0.4, 0.5) is 17.6 Å². The van der Waals surface area contributed by atoms with Crippen LogP contribution in [0.2, 0.25) is 5.02 Å². The van der Waals surface area contributed by atoms with E-state index in [0.29, 0.717) is 37.2 Å². The molecular formula is C40H54ClCoN12O4S-3. The Morgan fingerprint density at radius 3 is 2.24 bits per heavy atom. The van der Waals surface area contributed by atoms with E-state index in [1.54, 1.807) is 18.3 Å². The minimum Gasteiger partial charge on any atom is -0.665 e. The van der Waals surface area contributed by atoms with Gasteiger partial charge in [0.1, 0.15) is 17.7 Å². The third-order valence-electron chi connectivity index (χ3n) is 9.16. The van der Waals surface area contributed by atoms with Crippen molar-refractivity contribution in [3.63, 3.8) is 0 Å². The number of para-hydroxylation sites is 1. The first-order valence-electron chi connectivity index (χ1n) is 19.1. The van der Waals surface area contributed by atoms with E-state index in [1.807, 2.05) is 49.5 Å². The molecule has 59 heavy (non-hydrogen) atoms. The molecule has 3 heterocycles. The van der Waals surface area contributed by atoms with Crippen LogP contribution in [0.5, 0.6) is 6.01 Å². The molecule has 1 atom stereocenters. The Balaban J connectivity index is 0.00000310. The van der Waals surface area contributed by atoms with E-state index in [1.165, 1.54) is 4.70 Å². The average molecular weight is 893 g/mol. The summed E-state index contributed by atoms with van der Waals surface area (Å²) in [7, 11) is 2.01. The molecule has 1 radical (unpaired) electrons. The molecule has 16 nitrogen and oxygen atoms in total. The molecule has 2 aromatic heterocycles. The number of likely N-dealkylation sites (N-methyl/N-ethyl adjacent to an activating group) is 1. The number of hydrogen-bond acceptors (Lipinski definition) is 11. The van der Waals surface area contributed by atoms with Gasteiger partial charge in [0, 0.05) is 53.2 Å². The van der Waals surface area contributed by atoms with Crippen LogP contribution < -0.4 is 25.6 Å². The van der Waals surface area contributed by atoms with Crippen LogP contribution in [0.3, 0.4) is 0 Å². The standard InChI is InChI=1S/C40H50ClN12O2S.Co.2H2O/c1-29(36(54)45-16-5-23-53-24-21-43-19-17-42-18-20-44-22-25-53)47-39-49-38(46-28-30-8-12-32(41)13-9-30)50-40(51-39)55-27-26-52(2)33-14-10-31(11-15-33)37-48-34-6-3-4-7-35(34)56-37;;;/h3-4,6-15,29H,5,16-28H2,1-2H3,(H,45,54)(H2,46,47,49,50,51);;2*1H2/q-3;;;/t29-;;;/m0.../s1. The maximum atomic E-state index is 13.1. The summed E-state index contributed by atoms with van der Waals surface area (Å²) in [5.74, 6) is 0.397. The Morgan fingerprint density at radius 2 is 1.54 bits per heavy atom. The second kappa shape index (κ2) is 26.1. The second-order valence-electron chi connectivity index (χ2n) is 13.4. The second-order valence-corrected chi connectivity index (χ2v) is 14.9. The van der Waals surface area contributed by atoms with Gasteiger partial charge in [-0.25, -0.2) is 4.98 Å². The van der Waals surface area contributed by atoms with Gasteiger partial charge in [0.05, 0.1) is 16.8 Å². The smallest absolute Gasteiger partial charge is 0.323 e. The molecule has 5 aromatic rings. The van der Waals surface area contributed by atoms with Crippen molar-refractivity contribution in [3.05, 3.63) is 99.3 Å². The van der Waals surface area contributed by atoms with Gasteiger partial charge in [0.15, 0.2) is 0 Å². The summed E-state index contributed by atoms with van der Waals surface area (Å²) >= 11 is 7.77. The van der Waals surface area contributed by atoms with Crippen molar-refractivity contribution in [1.82, 2.24) is 30.2 Å². The van der Waals surface area contributed by atoms with Gasteiger partial charge in [-0.05, 0) is 87.1 Å². The van der Waals surface area contributed by atoms with Gasteiger partial charge in [-0.2, -0.15) is 41.1 Å². The van der Waals surface area contributed by atoms with Gasteiger partial charge in [0.25, 0.3) is 0 Å². The number of carbonyl (C=O) groups is 1. The molecule has 0 aliphatic carbocycles. The molecule has 19 heteroatoms. The van der Waals surface area contributed by atoms with Gasteiger partial charge >= 0.3 is 6.01 Å². The fraction of sp³-hybridized carbons (Fsp3) is 0.425. The van der Waals surface area contributed by atoms with Crippen molar-refractivity contribution in [2.24, 2.45) is 0 Å². The Morgan fingerprint density at radius 1 is 0.881 bits per heavy atom. The molecule has 3 aromatic carbocycles. The SMILES string of the molecule is C[C@H](Nc1nc(NCc2ccc(Cl)cc2)nc(OCCN(C)c2ccc(-c3nc4ccccc4s3)cc2)n1)C(=O)NCCCN1CC[N-]CC[N-]CC[N-]CC1.O.O.[Co]. The molecule has 1 fully saturated rings. The van der Waals surface area contributed by atoms with E-state index in [2.05, 4.69) is 87.0 Å². The number of nitrogens with one attached hydrogen (secondary N) is 3. The number of carbonyl (C=O) groups excluding carboxylic acids is 1. The topological polar surface area (TPSA) is 226 Å². The van der Waals surface area contributed by atoms with Crippen LogP contribution >= 0.6 is 22.9 Å². The molecule has 0 bridgehead atoms. The van der Waals surface area contributed by atoms with Crippen LogP contribution in [-0.4, -0.2) is 133 Å². The number of thiazole rings is 1. The van der Waals surface area contributed by atoms with E-state index in [0.717, 1.165) is 92.7 Å². The van der Waals surface area contributed by atoms with Gasteiger partial charge in [-0.1, -0.05) is 35.9 Å². The van der Waals surface area contributed by atoms with Gasteiger partial charge in [-0.15, -0.1) is 24.4 Å². The summed E-state index contributed by atoms with van der Waals surface area (Å²) in [4.78, 5) is 36.0. The summed E-state index contributed by atoms with van der Waals surface area (Å²) in [6.07, 6.45) is 0.818. The van der Waals surface area contributed by atoms with Gasteiger partial charge in [0.2, 0.25) is 17.8 Å². The van der Waals surface area contributed by atoms with Crippen molar-refractivity contribution < 1.29 is 37.3 Å². The fourth-order valence-corrected chi connectivity index (χ4v) is 7.01. The van der Waals surface area contributed by atoms with Crippen LogP contribution in [0.15, 0.2) is 72.8 Å². The van der Waals surface area contributed by atoms with Gasteiger partial charge in [-0.3, -0.25) is 4.79 Å². The predicted molar refractivity (Wildman–Crippen MR) is 236 cm³/mol. The number of amides is 1. The monoisotopic (exact) mass is 892 g/mol. The fourth-order valence-electron chi connectivity index (χ4n) is 5.91. The van der Waals surface area contributed by atoms with Gasteiger partial charge < -0.3 is 57.4 Å². The third-order valence-corrected chi connectivity index (χ3v) is 10.5. The molecule has 0 spiro atoms. The first-order valence-corrected chi connectivity index (χ1v) is 20.3. The normalized spacial score (nSPS) is 14.2. The number of anilines is 3. The number of rotatable bonds is 16. The zero-order chi connectivity index (χ0) is 39.0. The first-order chi connectivity index (χ1) is 27.4. The Bertz CT molecular complexity index is 1920. The number of halogens is 1. The molecular weight excluding hydrogens is 839 g/mol. The van der Waals surface area contributed by atoms with E-state index < -0.39 is 6.04 Å².